The lowest BCUT2D eigenvalue weighted by Crippen LogP contribution is -2.00. The molecule has 1 aromatic heterocycles. The Hall–Kier alpha value is -2.26. The molecule has 3 nitrogen and oxygen atoms in total. The average molecular weight is 272 g/mol. The molecule has 3 aromatic rings. The minimum Gasteiger partial charge on any atom is -0.451 e. The van der Waals surface area contributed by atoms with Crippen molar-refractivity contribution in [2.45, 2.75) is 0 Å². The highest BCUT2D eigenvalue weighted by Gasteiger charge is 2.15. The lowest BCUT2D eigenvalue weighted by molar-refractivity contribution is 0.101. The van der Waals surface area contributed by atoms with E-state index in [2.05, 4.69) is 0 Å². The molecule has 0 radical (unpaired) electrons. The van der Waals surface area contributed by atoms with Crippen molar-refractivity contribution in [2.24, 2.45) is 0 Å². The molecule has 0 fully saturated rings. The first-order valence-electron chi connectivity index (χ1n) is 5.73. The zero-order chi connectivity index (χ0) is 13.4. The highest BCUT2D eigenvalue weighted by atomic mass is 35.5. The number of halogens is 1. The lowest BCUT2D eigenvalue weighted by atomic mass is 10.1. The second kappa shape index (κ2) is 4.44. The minimum atomic E-state index is -0.209. The van der Waals surface area contributed by atoms with Gasteiger partial charge in [0.1, 0.15) is 0 Å². The van der Waals surface area contributed by atoms with E-state index in [1.165, 1.54) is 0 Å². The average Bonchev–Trinajstić information content (AvgIpc) is 2.83. The van der Waals surface area contributed by atoms with Gasteiger partial charge in [0, 0.05) is 16.6 Å². The van der Waals surface area contributed by atoms with Gasteiger partial charge in [0.2, 0.25) is 5.78 Å². The molecule has 0 saturated carbocycles. The van der Waals surface area contributed by atoms with E-state index < -0.39 is 0 Å². The van der Waals surface area contributed by atoms with Gasteiger partial charge in [-0.3, -0.25) is 4.79 Å². The summed E-state index contributed by atoms with van der Waals surface area (Å²) in [7, 11) is 0. The van der Waals surface area contributed by atoms with Gasteiger partial charge < -0.3 is 10.2 Å². The zero-order valence-electron chi connectivity index (χ0n) is 9.89. The third-order valence-electron chi connectivity index (χ3n) is 2.87. The van der Waals surface area contributed by atoms with Crippen molar-refractivity contribution < 1.29 is 9.21 Å². The van der Waals surface area contributed by atoms with Crippen molar-refractivity contribution in [3.05, 3.63) is 64.9 Å². The number of hydrogen-bond donors (Lipinski definition) is 1. The van der Waals surface area contributed by atoms with Gasteiger partial charge in [-0.2, -0.15) is 0 Å². The van der Waals surface area contributed by atoms with Crippen molar-refractivity contribution in [3.8, 4) is 0 Å². The summed E-state index contributed by atoms with van der Waals surface area (Å²) in [6.45, 7) is 0. The third kappa shape index (κ3) is 2.09. The number of benzene rings is 2. The van der Waals surface area contributed by atoms with Crippen LogP contribution in [0.5, 0.6) is 0 Å². The molecule has 1 heterocycles. The van der Waals surface area contributed by atoms with Crippen LogP contribution < -0.4 is 5.73 Å². The third-order valence-corrected chi connectivity index (χ3v) is 3.17. The Balaban J connectivity index is 2.09. The van der Waals surface area contributed by atoms with Crippen LogP contribution in [0.25, 0.3) is 11.0 Å². The monoisotopic (exact) mass is 271 g/mol. The maximum atomic E-state index is 12.3. The number of nitrogen functional groups attached to an aromatic ring is 1. The molecule has 3 rings (SSSR count). The molecule has 0 unspecified atom stereocenters. The Labute approximate surface area is 114 Å². The van der Waals surface area contributed by atoms with Gasteiger partial charge in [-0.25, -0.2) is 0 Å². The molecule has 0 aliphatic rings. The van der Waals surface area contributed by atoms with Crippen LogP contribution in [0.4, 0.5) is 5.69 Å². The molecule has 0 saturated heterocycles. The lowest BCUT2D eigenvalue weighted by Gasteiger charge is -1.98. The molecule has 0 aliphatic heterocycles. The van der Waals surface area contributed by atoms with Crippen LogP contribution in [0.15, 0.2) is 52.9 Å². The molecule has 0 aliphatic carbocycles. The molecule has 0 bridgehead atoms. The zero-order valence-corrected chi connectivity index (χ0v) is 10.6. The number of furan rings is 1. The number of rotatable bonds is 2. The summed E-state index contributed by atoms with van der Waals surface area (Å²) in [5.74, 6) is 0.0493. The Morgan fingerprint density at radius 3 is 2.63 bits per heavy atom. The van der Waals surface area contributed by atoms with E-state index in [9.17, 15) is 4.79 Å². The summed E-state index contributed by atoms with van der Waals surface area (Å²) in [6, 6.07) is 13.9. The van der Waals surface area contributed by atoms with E-state index in [-0.39, 0.29) is 11.5 Å². The van der Waals surface area contributed by atoms with Crippen LogP contribution in [-0.4, -0.2) is 5.78 Å². The number of anilines is 1. The molecule has 0 atom stereocenters. The van der Waals surface area contributed by atoms with Gasteiger partial charge in [-0.1, -0.05) is 35.9 Å². The summed E-state index contributed by atoms with van der Waals surface area (Å²) in [5, 5.41) is 1.30. The Morgan fingerprint density at radius 1 is 1.11 bits per heavy atom. The van der Waals surface area contributed by atoms with E-state index >= 15 is 0 Å². The van der Waals surface area contributed by atoms with E-state index in [1.54, 1.807) is 36.4 Å². The fourth-order valence-corrected chi connectivity index (χ4v) is 2.18. The SMILES string of the molecule is Nc1cccc(C(=O)c2cc3cccc(Cl)c3o2)c1. The summed E-state index contributed by atoms with van der Waals surface area (Å²) in [5.41, 5.74) is 7.23. The molecule has 19 heavy (non-hydrogen) atoms. The quantitative estimate of drug-likeness (QED) is 0.568. The second-order valence-electron chi connectivity index (χ2n) is 4.22. The first-order chi connectivity index (χ1) is 9.15. The standard InChI is InChI=1S/C15H10ClNO2/c16-12-6-2-4-10-8-13(19-15(10)12)14(18)9-3-1-5-11(17)7-9/h1-8H,17H2. The molecular weight excluding hydrogens is 262 g/mol. The predicted octanol–water partition coefficient (Wildman–Crippen LogP) is 3.90. The Bertz CT molecular complexity index is 777. The number of hydrogen-bond acceptors (Lipinski definition) is 3. The Kier molecular flexibility index (Phi) is 2.76. The van der Waals surface area contributed by atoms with Gasteiger partial charge in [-0.15, -0.1) is 0 Å². The fraction of sp³-hybridized carbons (Fsp3) is 0. The van der Waals surface area contributed by atoms with E-state index in [0.717, 1.165) is 5.39 Å². The van der Waals surface area contributed by atoms with E-state index in [0.29, 0.717) is 21.9 Å². The normalized spacial score (nSPS) is 10.8. The van der Waals surface area contributed by atoms with Crippen molar-refractivity contribution in [1.82, 2.24) is 0 Å². The number of para-hydroxylation sites is 1. The summed E-state index contributed by atoms with van der Waals surface area (Å²) in [6.07, 6.45) is 0. The maximum absolute atomic E-state index is 12.3. The van der Waals surface area contributed by atoms with Gasteiger partial charge in [-0.05, 0) is 24.3 Å². The number of nitrogens with two attached hydrogens (primary N) is 1. The molecular formula is C15H10ClNO2. The van der Waals surface area contributed by atoms with Crippen molar-refractivity contribution in [3.63, 3.8) is 0 Å². The van der Waals surface area contributed by atoms with Crippen LogP contribution in [0.3, 0.4) is 0 Å². The number of fused-ring (bicyclic) bond motifs is 1. The second-order valence-corrected chi connectivity index (χ2v) is 4.63. The molecule has 0 amide bonds. The highest BCUT2D eigenvalue weighted by Crippen LogP contribution is 2.27. The van der Waals surface area contributed by atoms with Gasteiger partial charge in [0.25, 0.3) is 0 Å². The summed E-state index contributed by atoms with van der Waals surface area (Å²) < 4.78 is 5.53. The first-order valence-corrected chi connectivity index (χ1v) is 6.11. The first kappa shape index (κ1) is 11.8. The molecule has 2 N–H and O–H groups in total. The fourth-order valence-electron chi connectivity index (χ4n) is 1.96. The molecule has 4 heteroatoms. The van der Waals surface area contributed by atoms with Gasteiger partial charge in [0.05, 0.1) is 5.02 Å². The van der Waals surface area contributed by atoms with Crippen LogP contribution in [-0.2, 0) is 0 Å². The number of carbonyl (C=O) groups is 1. The topological polar surface area (TPSA) is 56.2 Å². The minimum absolute atomic E-state index is 0.209. The predicted molar refractivity (Wildman–Crippen MR) is 75.5 cm³/mol. The van der Waals surface area contributed by atoms with Gasteiger partial charge >= 0.3 is 0 Å². The van der Waals surface area contributed by atoms with Crippen LogP contribution in [0, 0.1) is 0 Å². The highest BCUT2D eigenvalue weighted by molar-refractivity contribution is 6.35. The Morgan fingerprint density at radius 2 is 1.89 bits per heavy atom. The summed E-state index contributed by atoms with van der Waals surface area (Å²) in [4.78, 5) is 12.3. The van der Waals surface area contributed by atoms with E-state index in [4.69, 9.17) is 21.8 Å². The number of carbonyl (C=O) groups excluding carboxylic acids is 1. The summed E-state index contributed by atoms with van der Waals surface area (Å²) >= 11 is 6.02. The van der Waals surface area contributed by atoms with Crippen LogP contribution in [0.2, 0.25) is 5.02 Å². The van der Waals surface area contributed by atoms with Crippen molar-refractivity contribution in [2.75, 3.05) is 5.73 Å². The van der Waals surface area contributed by atoms with E-state index in [1.807, 2.05) is 12.1 Å². The molecule has 94 valence electrons. The van der Waals surface area contributed by atoms with Crippen molar-refractivity contribution in [1.29, 1.82) is 0 Å². The smallest absolute Gasteiger partial charge is 0.228 e. The van der Waals surface area contributed by atoms with Crippen LogP contribution >= 0.6 is 11.6 Å². The maximum Gasteiger partial charge on any atom is 0.228 e. The van der Waals surface area contributed by atoms with Crippen molar-refractivity contribution >= 4 is 34.0 Å². The van der Waals surface area contributed by atoms with Crippen LogP contribution in [0.1, 0.15) is 16.1 Å². The van der Waals surface area contributed by atoms with Gasteiger partial charge in [0.15, 0.2) is 11.3 Å². The molecule has 0 spiro atoms. The number of ketones is 1. The largest absolute Gasteiger partial charge is 0.451 e. The molecule has 2 aromatic carbocycles.